The van der Waals surface area contributed by atoms with Crippen LogP contribution in [0.3, 0.4) is 0 Å². The fourth-order valence-corrected chi connectivity index (χ4v) is 3.28. The molecule has 8 nitrogen and oxygen atoms in total. The van der Waals surface area contributed by atoms with Crippen molar-refractivity contribution in [3.8, 4) is 0 Å². The maximum absolute atomic E-state index is 13.2. The van der Waals surface area contributed by atoms with Gasteiger partial charge in [-0.3, -0.25) is 9.69 Å². The monoisotopic (exact) mass is 357 g/mol. The number of carbonyl (C=O) groups excluding carboxylic acids is 1. The number of fused-ring (bicyclic) bond motifs is 2. The lowest BCUT2D eigenvalue weighted by atomic mass is 10.2. The molecule has 1 aromatic carbocycles. The second-order valence-corrected chi connectivity index (χ2v) is 6.59. The number of halogens is 1. The first-order chi connectivity index (χ1) is 12.5. The van der Waals surface area contributed by atoms with Crippen molar-refractivity contribution in [1.82, 2.24) is 34.9 Å². The lowest BCUT2D eigenvalue weighted by molar-refractivity contribution is -0.127. The van der Waals surface area contributed by atoms with Gasteiger partial charge in [-0.2, -0.15) is 0 Å². The lowest BCUT2D eigenvalue weighted by Gasteiger charge is -2.32. The van der Waals surface area contributed by atoms with E-state index >= 15 is 0 Å². The normalized spacial score (nSPS) is 17.4. The number of nitrogens with one attached hydrogen (secondary N) is 2. The molecule has 0 spiro atoms. The van der Waals surface area contributed by atoms with Gasteiger partial charge in [0.2, 0.25) is 5.91 Å². The van der Waals surface area contributed by atoms with Gasteiger partial charge in [-0.25, -0.2) is 9.37 Å². The number of aryl methyl sites for hydroxylation is 1. The van der Waals surface area contributed by atoms with Crippen molar-refractivity contribution < 1.29 is 9.18 Å². The minimum absolute atomic E-state index is 0.0339. The van der Waals surface area contributed by atoms with Crippen molar-refractivity contribution in [3.63, 3.8) is 0 Å². The van der Waals surface area contributed by atoms with Crippen LogP contribution in [0.5, 0.6) is 0 Å². The highest BCUT2D eigenvalue weighted by molar-refractivity contribution is 5.81. The Balaban J connectivity index is 1.37. The molecule has 0 radical (unpaired) electrons. The van der Waals surface area contributed by atoms with E-state index in [-0.39, 0.29) is 17.8 Å². The number of nitrogens with zero attached hydrogens (tertiary/aromatic N) is 5. The summed E-state index contributed by atoms with van der Waals surface area (Å²) in [6, 6.07) is 4.18. The van der Waals surface area contributed by atoms with Crippen LogP contribution in [0, 0.1) is 12.7 Å². The molecule has 1 aliphatic rings. The predicted molar refractivity (Wildman–Crippen MR) is 92.8 cm³/mol. The largest absolute Gasteiger partial charge is 0.354 e. The SMILES string of the molecule is Cc1nnc2n1CC(C(=O)NCCc1nc3ccc(F)cc3[nH]1)N(C)C2. The summed E-state index contributed by atoms with van der Waals surface area (Å²) >= 11 is 0. The van der Waals surface area contributed by atoms with Gasteiger partial charge in [0.05, 0.1) is 24.1 Å². The fourth-order valence-electron chi connectivity index (χ4n) is 3.28. The van der Waals surface area contributed by atoms with Crippen LogP contribution in [0.1, 0.15) is 17.5 Å². The number of hydrogen-bond donors (Lipinski definition) is 2. The van der Waals surface area contributed by atoms with Crippen LogP contribution < -0.4 is 5.32 Å². The van der Waals surface area contributed by atoms with Gasteiger partial charge < -0.3 is 14.9 Å². The molecule has 0 fully saturated rings. The topological polar surface area (TPSA) is 91.7 Å². The molecule has 1 aliphatic heterocycles. The summed E-state index contributed by atoms with van der Waals surface area (Å²) in [4.78, 5) is 22.0. The molecule has 3 aromatic rings. The molecule has 26 heavy (non-hydrogen) atoms. The van der Waals surface area contributed by atoms with Crippen molar-refractivity contribution in [2.24, 2.45) is 0 Å². The summed E-state index contributed by atoms with van der Waals surface area (Å²) < 4.78 is 15.2. The molecule has 1 unspecified atom stereocenters. The van der Waals surface area contributed by atoms with Gasteiger partial charge >= 0.3 is 0 Å². The average Bonchev–Trinajstić information content (AvgIpc) is 3.16. The standard InChI is InChI=1S/C17H20FN7O/c1-10-22-23-16-9-24(2)14(8-25(10)16)17(26)19-6-5-15-20-12-4-3-11(18)7-13(12)21-15/h3-4,7,14H,5-6,8-9H2,1-2H3,(H,19,26)(H,20,21). The van der Waals surface area contributed by atoms with Crippen LogP contribution in [0.15, 0.2) is 18.2 Å². The van der Waals surface area contributed by atoms with E-state index in [1.54, 1.807) is 6.07 Å². The van der Waals surface area contributed by atoms with Gasteiger partial charge in [-0.05, 0) is 32.2 Å². The molecule has 3 heterocycles. The number of likely N-dealkylation sites (N-methyl/N-ethyl adjacent to an activating group) is 1. The number of H-pyrrole nitrogens is 1. The number of imidazole rings is 1. The molecular weight excluding hydrogens is 337 g/mol. The molecule has 2 aromatic heterocycles. The van der Waals surface area contributed by atoms with Crippen LogP contribution in [-0.4, -0.2) is 55.2 Å². The summed E-state index contributed by atoms with van der Waals surface area (Å²) in [5.74, 6) is 2.09. The van der Waals surface area contributed by atoms with Crippen molar-refractivity contribution in [2.45, 2.75) is 32.5 Å². The zero-order chi connectivity index (χ0) is 18.3. The second-order valence-electron chi connectivity index (χ2n) is 6.59. The molecule has 1 amide bonds. The van der Waals surface area contributed by atoms with Crippen molar-refractivity contribution in [1.29, 1.82) is 0 Å². The van der Waals surface area contributed by atoms with Crippen molar-refractivity contribution in [3.05, 3.63) is 41.5 Å². The highest BCUT2D eigenvalue weighted by Crippen LogP contribution is 2.16. The Morgan fingerprint density at radius 3 is 3.12 bits per heavy atom. The van der Waals surface area contributed by atoms with E-state index in [9.17, 15) is 9.18 Å². The van der Waals surface area contributed by atoms with Gasteiger partial charge in [-0.1, -0.05) is 0 Å². The molecule has 1 atom stereocenters. The van der Waals surface area contributed by atoms with Gasteiger partial charge in [-0.15, -0.1) is 10.2 Å². The number of aromatic amines is 1. The molecule has 2 N–H and O–H groups in total. The van der Waals surface area contributed by atoms with Gasteiger partial charge in [0.1, 0.15) is 29.3 Å². The summed E-state index contributed by atoms with van der Waals surface area (Å²) in [5, 5.41) is 11.2. The third-order valence-corrected chi connectivity index (χ3v) is 4.75. The fraction of sp³-hybridized carbons (Fsp3) is 0.412. The molecule has 4 rings (SSSR count). The quantitative estimate of drug-likeness (QED) is 0.720. The number of carbonyl (C=O) groups is 1. The van der Waals surface area contributed by atoms with Gasteiger partial charge in [0.25, 0.3) is 0 Å². The van der Waals surface area contributed by atoms with Crippen LogP contribution >= 0.6 is 0 Å². The van der Waals surface area contributed by atoms with E-state index in [1.807, 2.05) is 23.4 Å². The molecule has 0 bridgehead atoms. The summed E-state index contributed by atoms with van der Waals surface area (Å²) in [6.45, 7) is 3.48. The highest BCUT2D eigenvalue weighted by Gasteiger charge is 2.30. The Morgan fingerprint density at radius 1 is 1.42 bits per heavy atom. The Hall–Kier alpha value is -2.81. The third-order valence-electron chi connectivity index (χ3n) is 4.75. The van der Waals surface area contributed by atoms with Crippen molar-refractivity contribution >= 4 is 16.9 Å². The molecule has 9 heteroatoms. The molecular formula is C17H20FN7O. The van der Waals surface area contributed by atoms with Gasteiger partial charge in [0, 0.05) is 13.0 Å². The summed E-state index contributed by atoms with van der Waals surface area (Å²) in [6.07, 6.45) is 0.551. The van der Waals surface area contributed by atoms with Crippen LogP contribution in [0.2, 0.25) is 0 Å². The molecule has 0 saturated carbocycles. The summed E-state index contributed by atoms with van der Waals surface area (Å²) in [7, 11) is 1.91. The molecule has 0 saturated heterocycles. The first kappa shape index (κ1) is 16.6. The Bertz CT molecular complexity index is 963. The van der Waals surface area contributed by atoms with Crippen LogP contribution in [0.25, 0.3) is 11.0 Å². The number of benzene rings is 1. The number of rotatable bonds is 4. The number of amides is 1. The Kier molecular flexibility index (Phi) is 4.15. The molecule has 0 aliphatic carbocycles. The van der Waals surface area contributed by atoms with E-state index < -0.39 is 0 Å². The van der Waals surface area contributed by atoms with Crippen LogP contribution in [-0.2, 0) is 24.3 Å². The second kappa shape index (κ2) is 6.49. The van der Waals surface area contributed by atoms with E-state index in [4.69, 9.17) is 0 Å². The van der Waals surface area contributed by atoms with Crippen molar-refractivity contribution in [2.75, 3.05) is 13.6 Å². The van der Waals surface area contributed by atoms with E-state index in [2.05, 4.69) is 25.5 Å². The highest BCUT2D eigenvalue weighted by atomic mass is 19.1. The Morgan fingerprint density at radius 2 is 2.27 bits per heavy atom. The first-order valence-electron chi connectivity index (χ1n) is 8.52. The maximum Gasteiger partial charge on any atom is 0.239 e. The first-order valence-corrected chi connectivity index (χ1v) is 8.52. The Labute approximate surface area is 149 Å². The number of aromatic nitrogens is 5. The lowest BCUT2D eigenvalue weighted by Crippen LogP contribution is -2.50. The van der Waals surface area contributed by atoms with E-state index in [1.165, 1.54) is 12.1 Å². The minimum atomic E-state index is -0.301. The zero-order valence-electron chi connectivity index (χ0n) is 14.7. The average molecular weight is 357 g/mol. The number of hydrogen-bond acceptors (Lipinski definition) is 5. The smallest absolute Gasteiger partial charge is 0.239 e. The molecule has 136 valence electrons. The van der Waals surface area contributed by atoms with E-state index in [0.717, 1.165) is 23.0 Å². The zero-order valence-corrected chi connectivity index (χ0v) is 14.7. The van der Waals surface area contributed by atoms with E-state index in [0.29, 0.717) is 31.6 Å². The van der Waals surface area contributed by atoms with Crippen LogP contribution in [0.4, 0.5) is 4.39 Å². The predicted octanol–water partition coefficient (Wildman–Crippen LogP) is 0.775. The maximum atomic E-state index is 13.2. The van der Waals surface area contributed by atoms with Gasteiger partial charge in [0.15, 0.2) is 0 Å². The summed E-state index contributed by atoms with van der Waals surface area (Å²) in [5.41, 5.74) is 1.38. The third kappa shape index (κ3) is 3.05. The minimum Gasteiger partial charge on any atom is -0.354 e.